The van der Waals surface area contributed by atoms with E-state index in [-0.39, 0.29) is 29.7 Å². The third-order valence-electron chi connectivity index (χ3n) is 4.30. The van der Waals surface area contributed by atoms with Gasteiger partial charge in [0.1, 0.15) is 11.5 Å². The molecule has 0 saturated heterocycles. The van der Waals surface area contributed by atoms with Crippen LogP contribution in [-0.2, 0) is 9.84 Å². The fraction of sp³-hybridized carbons (Fsp3) is 0.250. The summed E-state index contributed by atoms with van der Waals surface area (Å²) in [7, 11) is -3.39. The molecule has 1 N–H and O–H groups in total. The van der Waals surface area contributed by atoms with Crippen LogP contribution in [0.1, 0.15) is 18.4 Å². The molecule has 2 aromatic rings. The van der Waals surface area contributed by atoms with Crippen molar-refractivity contribution in [1.82, 2.24) is 0 Å². The van der Waals surface area contributed by atoms with E-state index in [4.69, 9.17) is 4.74 Å². The number of hydrogen-bond acceptors (Lipinski definition) is 6. The molecule has 0 bridgehead atoms. The summed E-state index contributed by atoms with van der Waals surface area (Å²) in [5, 5.41) is 15.5. The lowest BCUT2D eigenvalue weighted by Gasteiger charge is -2.23. The lowest BCUT2D eigenvalue weighted by Crippen LogP contribution is -2.26. The van der Waals surface area contributed by atoms with Gasteiger partial charge in [-0.05, 0) is 42.8 Å². The molecule has 3 rings (SSSR count). The van der Waals surface area contributed by atoms with Gasteiger partial charge < -0.3 is 9.84 Å². The first-order chi connectivity index (χ1) is 12.7. The Bertz CT molecular complexity index is 981. The minimum atomic E-state index is -3.39. The molecule has 0 fully saturated rings. The second-order valence-corrected chi connectivity index (χ2v) is 8.62. The van der Waals surface area contributed by atoms with Crippen LogP contribution in [0.3, 0.4) is 0 Å². The van der Waals surface area contributed by atoms with Gasteiger partial charge in [-0.1, -0.05) is 24.8 Å². The molecule has 1 heterocycles. The van der Waals surface area contributed by atoms with Crippen LogP contribution in [0.25, 0.3) is 0 Å². The highest BCUT2D eigenvalue weighted by Crippen LogP contribution is 2.31. The first-order valence-corrected chi connectivity index (χ1v) is 10.4. The number of nitrogens with zero attached hydrogens (tertiary/aromatic N) is 2. The van der Waals surface area contributed by atoms with E-state index in [9.17, 15) is 13.5 Å². The zero-order valence-electron chi connectivity index (χ0n) is 15.3. The summed E-state index contributed by atoms with van der Waals surface area (Å²) < 4.78 is 29.6. The number of ether oxygens (including phenoxy) is 1. The number of aryl methyl sites for hydroxylation is 1. The molecule has 0 aliphatic carbocycles. The van der Waals surface area contributed by atoms with Gasteiger partial charge in [-0.3, -0.25) is 5.01 Å². The van der Waals surface area contributed by atoms with E-state index in [2.05, 4.69) is 11.7 Å². The second-order valence-electron chi connectivity index (χ2n) is 6.60. The number of hydrazone groups is 1. The van der Waals surface area contributed by atoms with Crippen molar-refractivity contribution in [2.45, 2.75) is 25.8 Å². The fourth-order valence-corrected chi connectivity index (χ4v) is 3.65. The molecule has 6 nitrogen and oxygen atoms in total. The van der Waals surface area contributed by atoms with Gasteiger partial charge in [0.05, 0.1) is 17.5 Å². The van der Waals surface area contributed by atoms with Gasteiger partial charge >= 0.3 is 0 Å². The number of aliphatic hydroxyl groups excluding tert-OH is 1. The lowest BCUT2D eigenvalue weighted by molar-refractivity contribution is 0.376. The maximum Gasteiger partial charge on any atom is 0.190 e. The molecule has 0 spiro atoms. The van der Waals surface area contributed by atoms with Crippen LogP contribution >= 0.6 is 0 Å². The van der Waals surface area contributed by atoms with E-state index in [1.807, 2.05) is 43.3 Å². The van der Waals surface area contributed by atoms with E-state index >= 15 is 0 Å². The van der Waals surface area contributed by atoms with Crippen LogP contribution in [0.15, 0.2) is 66.0 Å². The van der Waals surface area contributed by atoms with Crippen molar-refractivity contribution in [2.75, 3.05) is 11.3 Å². The molecule has 1 unspecified atom stereocenters. The molecule has 0 radical (unpaired) electrons. The van der Waals surface area contributed by atoms with Gasteiger partial charge in [-0.15, -0.1) is 0 Å². The summed E-state index contributed by atoms with van der Waals surface area (Å²) in [4.78, 5) is 0. The van der Waals surface area contributed by atoms with Gasteiger partial charge in [0.25, 0.3) is 0 Å². The Morgan fingerprint density at radius 1 is 1.26 bits per heavy atom. The second kappa shape index (κ2) is 7.44. The van der Waals surface area contributed by atoms with Crippen molar-refractivity contribution in [1.29, 1.82) is 0 Å². The molecule has 142 valence electrons. The Morgan fingerprint density at radius 2 is 1.93 bits per heavy atom. The summed E-state index contributed by atoms with van der Waals surface area (Å²) in [5.74, 6) is 1.44. The van der Waals surface area contributed by atoms with E-state index < -0.39 is 9.84 Å². The largest absolute Gasteiger partial charge is 0.513 e. The average Bonchev–Trinajstić information content (AvgIpc) is 3.01. The van der Waals surface area contributed by atoms with E-state index in [1.165, 1.54) is 0 Å². The first-order valence-electron chi connectivity index (χ1n) is 8.51. The van der Waals surface area contributed by atoms with Crippen molar-refractivity contribution in [3.8, 4) is 11.5 Å². The Morgan fingerprint density at radius 3 is 2.52 bits per heavy atom. The first kappa shape index (κ1) is 19.0. The normalized spacial score (nSPS) is 16.9. The molecular formula is C20H22N2O4S. The quantitative estimate of drug-likeness (QED) is 0.780. The van der Waals surface area contributed by atoms with E-state index in [0.717, 1.165) is 23.3 Å². The molecule has 0 saturated carbocycles. The molecule has 1 aliphatic rings. The van der Waals surface area contributed by atoms with Gasteiger partial charge in [0.15, 0.2) is 14.9 Å². The van der Waals surface area contributed by atoms with Crippen molar-refractivity contribution in [3.05, 3.63) is 66.4 Å². The minimum absolute atomic E-state index is 0.00513. The SMILES string of the molecule is C=C(O)CC1CC(S(C)(=O)=O)=NN1c1ccc(Oc2ccccc2C)cc1. The van der Waals surface area contributed by atoms with Gasteiger partial charge in [0, 0.05) is 19.1 Å². The highest BCUT2D eigenvalue weighted by Gasteiger charge is 2.32. The third kappa shape index (κ3) is 4.49. The molecule has 0 aromatic heterocycles. The topological polar surface area (TPSA) is 79.2 Å². The molecule has 2 aromatic carbocycles. The average molecular weight is 386 g/mol. The van der Waals surface area contributed by atoms with E-state index in [0.29, 0.717) is 5.75 Å². The molecule has 1 aliphatic heterocycles. The minimum Gasteiger partial charge on any atom is -0.513 e. The predicted octanol–water partition coefficient (Wildman–Crippen LogP) is 4.19. The van der Waals surface area contributed by atoms with Crippen molar-refractivity contribution in [3.63, 3.8) is 0 Å². The monoisotopic (exact) mass is 386 g/mol. The van der Waals surface area contributed by atoms with Crippen LogP contribution in [0, 0.1) is 6.92 Å². The summed E-state index contributed by atoms with van der Waals surface area (Å²) in [5.41, 5.74) is 1.75. The molecule has 1 atom stereocenters. The predicted molar refractivity (Wildman–Crippen MR) is 107 cm³/mol. The van der Waals surface area contributed by atoms with Crippen molar-refractivity contribution in [2.24, 2.45) is 5.10 Å². The lowest BCUT2D eigenvalue weighted by atomic mass is 10.1. The number of anilines is 1. The molecule has 27 heavy (non-hydrogen) atoms. The summed E-state index contributed by atoms with van der Waals surface area (Å²) in [6.45, 7) is 5.49. The molecule has 0 amide bonds. The standard InChI is InChI=1S/C20H22N2O4S/c1-14-6-4-5-7-19(14)26-18-10-8-16(9-11-18)22-17(12-15(2)23)13-20(21-22)27(3,24)25/h4-11,17,23H,2,12-13H2,1,3H3. The van der Waals surface area contributed by atoms with Crippen LogP contribution in [0.5, 0.6) is 11.5 Å². The van der Waals surface area contributed by atoms with Gasteiger partial charge in [0.2, 0.25) is 0 Å². The number of para-hydroxylation sites is 1. The van der Waals surface area contributed by atoms with E-state index in [1.54, 1.807) is 17.1 Å². The number of aliphatic hydroxyl groups is 1. The number of hydrogen-bond donors (Lipinski definition) is 1. The number of benzene rings is 2. The fourth-order valence-electron chi connectivity index (χ4n) is 2.92. The molecule has 7 heteroatoms. The smallest absolute Gasteiger partial charge is 0.190 e. The zero-order valence-corrected chi connectivity index (χ0v) is 16.1. The summed E-state index contributed by atoms with van der Waals surface area (Å²) in [6, 6.07) is 14.7. The zero-order chi connectivity index (χ0) is 19.6. The van der Waals surface area contributed by atoms with Crippen LogP contribution in [-0.4, -0.2) is 30.9 Å². The Balaban J connectivity index is 1.84. The molecular weight excluding hydrogens is 364 g/mol. The van der Waals surface area contributed by atoms with Gasteiger partial charge in [-0.2, -0.15) is 5.10 Å². The van der Waals surface area contributed by atoms with Crippen LogP contribution < -0.4 is 9.75 Å². The maximum absolute atomic E-state index is 11.9. The maximum atomic E-state index is 11.9. The van der Waals surface area contributed by atoms with Crippen LogP contribution in [0.4, 0.5) is 5.69 Å². The number of sulfone groups is 1. The van der Waals surface area contributed by atoms with Crippen molar-refractivity contribution < 1.29 is 18.3 Å². The Labute approximate surface area is 159 Å². The van der Waals surface area contributed by atoms with Crippen molar-refractivity contribution >= 4 is 20.6 Å². The van der Waals surface area contributed by atoms with Crippen LogP contribution in [0.2, 0.25) is 0 Å². The van der Waals surface area contributed by atoms with Gasteiger partial charge in [-0.25, -0.2) is 8.42 Å². The number of rotatable bonds is 5. The third-order valence-corrected chi connectivity index (χ3v) is 5.40. The highest BCUT2D eigenvalue weighted by molar-refractivity contribution is 8.05. The summed E-state index contributed by atoms with van der Waals surface area (Å²) >= 11 is 0. The summed E-state index contributed by atoms with van der Waals surface area (Å²) in [6.07, 6.45) is 1.61. The highest BCUT2D eigenvalue weighted by atomic mass is 32.2. The Hall–Kier alpha value is -2.80. The Kier molecular flexibility index (Phi) is 5.23.